The lowest BCUT2D eigenvalue weighted by molar-refractivity contribution is -0.154. The molecule has 0 aliphatic heterocycles. The lowest BCUT2D eigenvalue weighted by Crippen LogP contribution is -2.43. The number of nitrogens with zero attached hydrogens (tertiary/aromatic N) is 3. The third-order valence-electron chi connectivity index (χ3n) is 6.76. The first-order valence-electron chi connectivity index (χ1n) is 11.0. The average molecular weight is 462 g/mol. The summed E-state index contributed by atoms with van der Waals surface area (Å²) < 4.78 is 14.2. The Balaban J connectivity index is 1.94. The van der Waals surface area contributed by atoms with Crippen molar-refractivity contribution in [1.82, 2.24) is 19.5 Å². The number of carbonyl (C=O) groups is 1. The highest BCUT2D eigenvalue weighted by Crippen LogP contribution is 2.44. The van der Waals surface area contributed by atoms with E-state index >= 15 is 0 Å². The fourth-order valence-electron chi connectivity index (χ4n) is 3.63. The average Bonchev–Trinajstić information content (AvgIpc) is 3.20. The van der Waals surface area contributed by atoms with Gasteiger partial charge in [0.05, 0.1) is 18.3 Å². The molecular weight excluding hydrogens is 426 g/mol. The smallest absolute Gasteiger partial charge is 0.308 e. The summed E-state index contributed by atoms with van der Waals surface area (Å²) in [7, 11) is -2.02. The maximum atomic E-state index is 12.4. The molecule has 1 fully saturated rings. The van der Waals surface area contributed by atoms with Gasteiger partial charge in [-0.3, -0.25) is 14.6 Å². The molecule has 1 aliphatic carbocycles. The molecule has 0 spiro atoms. The van der Waals surface area contributed by atoms with Crippen LogP contribution in [0.25, 0.3) is 11.2 Å². The number of aromatic amines is 1. The summed E-state index contributed by atoms with van der Waals surface area (Å²) >= 11 is 0. The van der Waals surface area contributed by atoms with E-state index in [2.05, 4.69) is 55.4 Å². The number of nitrogens with one attached hydrogen (secondary N) is 1. The number of hydrogen-bond acceptors (Lipinski definition) is 7. The lowest BCUT2D eigenvalue weighted by Gasteiger charge is -2.37. The summed E-state index contributed by atoms with van der Waals surface area (Å²) in [5, 5.41) is 0.0550. The molecule has 0 saturated heterocycles. The highest BCUT2D eigenvalue weighted by molar-refractivity contribution is 6.74. The van der Waals surface area contributed by atoms with Crippen molar-refractivity contribution < 1.29 is 14.0 Å². The molecule has 3 N–H and O–H groups in total. The van der Waals surface area contributed by atoms with Gasteiger partial charge in [0.25, 0.3) is 5.56 Å². The van der Waals surface area contributed by atoms with E-state index in [0.717, 1.165) is 5.57 Å². The Morgan fingerprint density at radius 3 is 2.66 bits per heavy atom. The van der Waals surface area contributed by atoms with E-state index in [1.165, 1.54) is 0 Å². The molecule has 2 aromatic heterocycles. The second kappa shape index (κ2) is 8.47. The number of esters is 1. The summed E-state index contributed by atoms with van der Waals surface area (Å²) in [6.45, 7) is 19.3. The first kappa shape index (κ1) is 24.2. The molecule has 32 heavy (non-hydrogen) atoms. The Hall–Kier alpha value is -2.46. The number of H-pyrrole nitrogens is 1. The van der Waals surface area contributed by atoms with Gasteiger partial charge in [-0.1, -0.05) is 41.2 Å². The topological polar surface area (TPSA) is 125 Å². The fourth-order valence-corrected chi connectivity index (χ4v) is 4.66. The van der Waals surface area contributed by atoms with E-state index in [1.54, 1.807) is 10.9 Å². The van der Waals surface area contributed by atoms with Crippen molar-refractivity contribution in [2.45, 2.75) is 71.3 Å². The largest absolute Gasteiger partial charge is 0.461 e. The Morgan fingerprint density at radius 2 is 2.06 bits per heavy atom. The summed E-state index contributed by atoms with van der Waals surface area (Å²) in [6, 6.07) is -0.244. The zero-order chi connectivity index (χ0) is 24.0. The zero-order valence-corrected chi connectivity index (χ0v) is 21.1. The highest BCUT2D eigenvalue weighted by Gasteiger charge is 2.44. The fraction of sp³-hybridized carbons (Fsp3) is 0.636. The van der Waals surface area contributed by atoms with Crippen LogP contribution in [0.4, 0.5) is 5.95 Å². The predicted octanol–water partition coefficient (Wildman–Crippen LogP) is 3.41. The number of ether oxygens (including phenoxy) is 1. The quantitative estimate of drug-likeness (QED) is 0.383. The number of fused-ring (bicyclic) bond motifs is 1. The maximum absolute atomic E-state index is 12.4. The van der Waals surface area contributed by atoms with Gasteiger partial charge >= 0.3 is 5.97 Å². The number of aromatic nitrogens is 4. The minimum Gasteiger partial charge on any atom is -0.461 e. The van der Waals surface area contributed by atoms with Crippen LogP contribution in [0.1, 0.15) is 47.1 Å². The molecular formula is C22H35N5O4Si. The van der Waals surface area contributed by atoms with E-state index in [4.69, 9.17) is 14.9 Å². The molecule has 0 aromatic carbocycles. The second-order valence-electron chi connectivity index (χ2n) is 10.4. The summed E-state index contributed by atoms with van der Waals surface area (Å²) in [6.07, 6.45) is 1.69. The molecule has 0 bridgehead atoms. The van der Waals surface area contributed by atoms with Crippen LogP contribution in [0.5, 0.6) is 0 Å². The Labute approximate surface area is 189 Å². The molecule has 2 heterocycles. The predicted molar refractivity (Wildman–Crippen MR) is 127 cm³/mol. The first-order chi connectivity index (χ1) is 14.7. The molecule has 0 unspecified atom stereocenters. The molecule has 2 aromatic rings. The molecule has 1 aliphatic rings. The highest BCUT2D eigenvalue weighted by atomic mass is 28.4. The Bertz CT molecular complexity index is 1080. The van der Waals surface area contributed by atoms with E-state index in [0.29, 0.717) is 18.7 Å². The minimum absolute atomic E-state index is 0.0217. The second-order valence-corrected chi connectivity index (χ2v) is 15.2. The molecule has 3 atom stereocenters. The van der Waals surface area contributed by atoms with Crippen molar-refractivity contribution in [3.8, 4) is 0 Å². The molecule has 0 radical (unpaired) electrons. The van der Waals surface area contributed by atoms with Crippen LogP contribution in [0, 0.1) is 11.8 Å². The number of carbonyl (C=O) groups excluding carboxylic acids is 1. The van der Waals surface area contributed by atoms with Gasteiger partial charge in [-0.05, 0) is 23.7 Å². The van der Waals surface area contributed by atoms with Crippen molar-refractivity contribution in [2.24, 2.45) is 11.8 Å². The molecule has 176 valence electrons. The number of anilines is 1. The van der Waals surface area contributed by atoms with E-state index in [9.17, 15) is 9.59 Å². The van der Waals surface area contributed by atoms with Crippen LogP contribution < -0.4 is 11.3 Å². The summed E-state index contributed by atoms with van der Waals surface area (Å²) in [4.78, 5) is 35.6. The van der Waals surface area contributed by atoms with Crippen LogP contribution in [0.15, 0.2) is 23.3 Å². The number of nitrogens with two attached hydrogens (primary N) is 1. The van der Waals surface area contributed by atoms with E-state index < -0.39 is 13.9 Å². The van der Waals surface area contributed by atoms with Crippen LogP contribution >= 0.6 is 0 Å². The van der Waals surface area contributed by atoms with Crippen LogP contribution in [0.3, 0.4) is 0 Å². The Morgan fingerprint density at radius 1 is 1.41 bits per heavy atom. The van der Waals surface area contributed by atoms with Crippen LogP contribution in [-0.4, -0.2) is 46.5 Å². The van der Waals surface area contributed by atoms with Crippen molar-refractivity contribution in [3.63, 3.8) is 0 Å². The van der Waals surface area contributed by atoms with Gasteiger partial charge in [0.2, 0.25) is 5.95 Å². The molecule has 3 rings (SSSR count). The van der Waals surface area contributed by atoms with Crippen molar-refractivity contribution in [1.29, 1.82) is 0 Å². The van der Waals surface area contributed by atoms with E-state index in [-0.39, 0.29) is 46.5 Å². The standard InChI is InChI=1S/C22H35N5O4Si/c1-12(2)20(29)31-16-9-15(13(3)14(16)10-30-32(7,8)22(4,5)6)27-11-24-17-18(27)25-21(23)26-19(17)28/h11-12,14-16H,3,9-10H2,1-2,4-8H3,(H3,23,25,26,28)/t14-,15-,16-/m0/s1. The summed E-state index contributed by atoms with van der Waals surface area (Å²) in [5.41, 5.74) is 6.83. The van der Waals surface area contributed by atoms with Gasteiger partial charge in [-0.15, -0.1) is 0 Å². The van der Waals surface area contributed by atoms with Gasteiger partial charge < -0.3 is 19.5 Å². The van der Waals surface area contributed by atoms with Crippen molar-refractivity contribution in [3.05, 3.63) is 28.8 Å². The summed E-state index contributed by atoms with van der Waals surface area (Å²) in [5.74, 6) is -0.643. The van der Waals surface area contributed by atoms with Crippen LogP contribution in [-0.2, 0) is 14.0 Å². The molecule has 10 heteroatoms. The van der Waals surface area contributed by atoms with Gasteiger partial charge in [0.15, 0.2) is 19.5 Å². The lowest BCUT2D eigenvalue weighted by atomic mass is 10.0. The molecule has 1 saturated carbocycles. The number of imidazole rings is 1. The monoisotopic (exact) mass is 461 g/mol. The number of nitrogen functional groups attached to an aromatic ring is 1. The first-order valence-corrected chi connectivity index (χ1v) is 13.9. The van der Waals surface area contributed by atoms with Gasteiger partial charge in [0.1, 0.15) is 6.10 Å². The molecule has 0 amide bonds. The normalized spacial score (nSPS) is 22.1. The Kier molecular flexibility index (Phi) is 6.40. The molecule has 9 nitrogen and oxygen atoms in total. The SMILES string of the molecule is C=C1[C@H](CO[Si](C)(C)C(C)(C)C)[C@@H](OC(=O)C(C)C)C[C@@H]1n1cnc2c(=O)[nH]c(N)nc21. The van der Waals surface area contributed by atoms with E-state index in [1.807, 2.05) is 13.8 Å². The van der Waals surface area contributed by atoms with Gasteiger partial charge in [-0.25, -0.2) is 4.98 Å². The minimum atomic E-state index is -2.02. The number of hydrogen-bond donors (Lipinski definition) is 2. The van der Waals surface area contributed by atoms with Gasteiger partial charge in [-0.2, -0.15) is 4.98 Å². The number of rotatable bonds is 6. The third-order valence-corrected chi connectivity index (χ3v) is 11.3. The third kappa shape index (κ3) is 4.51. The van der Waals surface area contributed by atoms with Crippen molar-refractivity contribution in [2.75, 3.05) is 12.3 Å². The van der Waals surface area contributed by atoms with Gasteiger partial charge in [0, 0.05) is 18.9 Å². The maximum Gasteiger partial charge on any atom is 0.308 e. The van der Waals surface area contributed by atoms with Crippen LogP contribution in [0.2, 0.25) is 18.1 Å². The zero-order valence-electron chi connectivity index (χ0n) is 20.1. The van der Waals surface area contributed by atoms with Crippen molar-refractivity contribution >= 4 is 31.4 Å².